The van der Waals surface area contributed by atoms with E-state index in [1.165, 1.54) is 0 Å². The maximum atomic E-state index is 11.4. The zero-order chi connectivity index (χ0) is 37.6. The summed E-state index contributed by atoms with van der Waals surface area (Å²) in [4.78, 5) is -0.155. The molecule has 0 saturated carbocycles. The number of H-pyrrole nitrogens is 2. The molecule has 20 nitrogen and oxygen atoms in total. The third-order valence-corrected chi connectivity index (χ3v) is 11.9. The van der Waals surface area contributed by atoms with Gasteiger partial charge in [0.25, 0.3) is 0 Å². The minimum atomic E-state index is -5.16. The van der Waals surface area contributed by atoms with Crippen LogP contribution in [0.25, 0.3) is 43.6 Å². The fourth-order valence-corrected chi connectivity index (χ4v) is 8.39. The molecule has 0 atom stereocenters. The van der Waals surface area contributed by atoms with Crippen LogP contribution in [-0.2, 0) is 60.7 Å². The van der Waals surface area contributed by atoms with E-state index in [-0.39, 0.29) is 157 Å². The molecular weight excluding hydrogens is 917 g/mol. The first-order chi connectivity index (χ1) is 22.6. The van der Waals surface area contributed by atoms with Crippen molar-refractivity contribution in [3.8, 4) is 0 Å². The molecule has 6 aromatic rings. The minimum Gasteiger partial charge on any atom is -0.744 e. The van der Waals surface area contributed by atoms with Crippen LogP contribution in [0.2, 0.25) is 0 Å². The van der Waals surface area contributed by atoms with Gasteiger partial charge in [0, 0.05) is 32.6 Å². The maximum Gasteiger partial charge on any atom is 2.00 e. The molecule has 0 aliphatic carbocycles. The molecule has 0 spiro atoms. The predicted octanol–water partition coefficient (Wildman–Crippen LogP) is -1.08. The summed E-state index contributed by atoms with van der Waals surface area (Å²) in [5.41, 5.74) is -0.351. The van der Waals surface area contributed by atoms with Crippen molar-refractivity contribution in [1.29, 1.82) is 0 Å². The third kappa shape index (κ3) is 10.6. The SMILES string of the molecule is O=S(=O)([O-])c1ccc2[nH]c3c(S(=O)(=O)[O-])cc(S(=O)(=O)[O-])cc3c2c1.O=S(=O)([O-])c1ccc2[nH]c3c(S(=O)(=O)[O-])cc(S(=O)(=O)[O-])cc3c2c1.[Ca+2].[Ca+2].[Ca+2]. The first-order valence-electron chi connectivity index (χ1n) is 12.5. The number of hydrogen-bond acceptors (Lipinski definition) is 18. The number of nitrogens with one attached hydrogen (secondary N) is 2. The molecule has 53 heavy (non-hydrogen) atoms. The van der Waals surface area contributed by atoms with E-state index in [1.54, 1.807) is 0 Å². The molecule has 0 aliphatic rings. The van der Waals surface area contributed by atoms with E-state index in [1.807, 2.05) is 0 Å². The second kappa shape index (κ2) is 16.5. The monoisotopic (exact) mass is 928 g/mol. The fourth-order valence-electron chi connectivity index (χ4n) is 4.84. The number of aromatic amines is 2. The van der Waals surface area contributed by atoms with Gasteiger partial charge in [0.05, 0.1) is 40.4 Å². The van der Waals surface area contributed by atoms with E-state index in [4.69, 9.17) is 0 Å². The van der Waals surface area contributed by atoms with Gasteiger partial charge in [-0.2, -0.15) is 0 Å². The summed E-state index contributed by atoms with van der Waals surface area (Å²) in [6, 6.07) is 8.42. The molecule has 0 bridgehead atoms. The van der Waals surface area contributed by atoms with Crippen LogP contribution in [0.4, 0.5) is 0 Å². The molecule has 0 amide bonds. The standard InChI is InChI=1S/2C12H9NO9S3.3Ca/c2*14-23(15,16)6-1-2-10-8(3-6)9-4-7(24(17,18)19)5-11(12(9)13-10)25(20,21)22;;;/h2*1-5,13H,(H,14,15,16)(H,17,18,19)(H,20,21,22);;;/q;;3*+2/p-6. The summed E-state index contributed by atoms with van der Waals surface area (Å²) in [6.07, 6.45) is 0. The Balaban J connectivity index is 0.000000347. The van der Waals surface area contributed by atoms with Crippen LogP contribution in [0.5, 0.6) is 0 Å². The van der Waals surface area contributed by atoms with Gasteiger partial charge in [-0.25, -0.2) is 50.5 Å². The predicted molar refractivity (Wildman–Crippen MR) is 177 cm³/mol. The van der Waals surface area contributed by atoms with Crippen molar-refractivity contribution in [1.82, 2.24) is 9.97 Å². The summed E-state index contributed by atoms with van der Waals surface area (Å²) < 4.78 is 203. The third-order valence-electron chi connectivity index (χ3n) is 6.93. The number of aromatic nitrogens is 2. The molecule has 2 N–H and O–H groups in total. The second-order valence-corrected chi connectivity index (χ2v) is 18.3. The average molecular weight is 929 g/mol. The van der Waals surface area contributed by atoms with Gasteiger partial charge >= 0.3 is 113 Å². The van der Waals surface area contributed by atoms with Crippen molar-refractivity contribution in [2.75, 3.05) is 0 Å². The molecule has 0 unspecified atom stereocenters. The molecule has 4 aromatic carbocycles. The molecular formula is C24H12Ca3N2O18S6. The number of hydrogen-bond donors (Lipinski definition) is 2. The molecule has 0 aliphatic heterocycles. The van der Waals surface area contributed by atoms with Crippen LogP contribution >= 0.6 is 0 Å². The number of fused-ring (bicyclic) bond motifs is 6. The molecule has 29 heteroatoms. The van der Waals surface area contributed by atoms with Crippen LogP contribution in [0.3, 0.4) is 0 Å². The Bertz CT molecular complexity index is 2930. The van der Waals surface area contributed by atoms with Crippen molar-refractivity contribution in [3.63, 3.8) is 0 Å². The van der Waals surface area contributed by atoms with Crippen molar-refractivity contribution in [3.05, 3.63) is 60.7 Å². The van der Waals surface area contributed by atoms with Gasteiger partial charge in [0.2, 0.25) is 0 Å². The minimum absolute atomic E-state index is 0. The summed E-state index contributed by atoms with van der Waals surface area (Å²) in [6.45, 7) is 0. The quantitative estimate of drug-likeness (QED) is 0.148. The van der Waals surface area contributed by atoms with Gasteiger partial charge in [0.15, 0.2) is 0 Å². The normalized spacial score (nSPS) is 12.8. The Hall–Kier alpha value is -0.281. The van der Waals surface area contributed by atoms with Gasteiger partial charge < -0.3 is 37.3 Å². The van der Waals surface area contributed by atoms with E-state index in [0.717, 1.165) is 48.5 Å². The Morgan fingerprint density at radius 2 is 0.604 bits per heavy atom. The van der Waals surface area contributed by atoms with Crippen LogP contribution in [0.15, 0.2) is 90.0 Å². The van der Waals surface area contributed by atoms with Crippen LogP contribution in [0.1, 0.15) is 0 Å². The topological polar surface area (TPSA) is 375 Å². The summed E-state index contributed by atoms with van der Waals surface area (Å²) >= 11 is 0. The van der Waals surface area contributed by atoms with E-state index in [2.05, 4.69) is 9.97 Å². The van der Waals surface area contributed by atoms with E-state index < -0.39 is 90.1 Å². The smallest absolute Gasteiger partial charge is 0.744 e. The molecule has 0 fully saturated rings. The summed E-state index contributed by atoms with van der Waals surface area (Å²) in [7, 11) is -30.2. The van der Waals surface area contributed by atoms with E-state index in [0.29, 0.717) is 12.1 Å². The van der Waals surface area contributed by atoms with Crippen LogP contribution < -0.4 is 0 Å². The number of benzene rings is 4. The van der Waals surface area contributed by atoms with Crippen LogP contribution in [-0.4, -0.2) is 201 Å². The summed E-state index contributed by atoms with van der Waals surface area (Å²) in [5.74, 6) is 0. The Morgan fingerprint density at radius 1 is 0.340 bits per heavy atom. The largest absolute Gasteiger partial charge is 2.00 e. The fraction of sp³-hybridized carbons (Fsp3) is 0. The Kier molecular flexibility index (Phi) is 15.2. The van der Waals surface area contributed by atoms with Crippen molar-refractivity contribution < 1.29 is 77.8 Å². The van der Waals surface area contributed by atoms with Gasteiger partial charge in [-0.05, 0) is 60.7 Å². The number of rotatable bonds is 6. The van der Waals surface area contributed by atoms with Gasteiger partial charge in [-0.15, -0.1) is 0 Å². The molecule has 2 heterocycles. The Labute approximate surface area is 389 Å². The molecule has 268 valence electrons. The maximum absolute atomic E-state index is 11.4. The molecule has 0 saturated heterocycles. The van der Waals surface area contributed by atoms with Gasteiger partial charge in [-0.1, -0.05) is 0 Å². The molecule has 2 aromatic heterocycles. The van der Waals surface area contributed by atoms with E-state index in [9.17, 15) is 77.8 Å². The van der Waals surface area contributed by atoms with E-state index >= 15 is 0 Å². The van der Waals surface area contributed by atoms with Gasteiger partial charge in [0.1, 0.15) is 60.7 Å². The zero-order valence-corrected chi connectivity index (χ0v) is 37.2. The molecule has 6 rings (SSSR count). The molecule has 0 radical (unpaired) electrons. The first-order valence-corrected chi connectivity index (χ1v) is 21.0. The Morgan fingerprint density at radius 3 is 0.849 bits per heavy atom. The van der Waals surface area contributed by atoms with Crippen molar-refractivity contribution >= 4 is 218 Å². The first kappa shape index (κ1) is 48.9. The zero-order valence-electron chi connectivity index (χ0n) is 25.7. The second-order valence-electron chi connectivity index (χ2n) is 10.1. The van der Waals surface area contributed by atoms with Crippen molar-refractivity contribution in [2.24, 2.45) is 0 Å². The summed E-state index contributed by atoms with van der Waals surface area (Å²) in [5, 5.41) is -0.483. The van der Waals surface area contributed by atoms with Crippen LogP contribution in [0, 0.1) is 0 Å². The van der Waals surface area contributed by atoms with Crippen molar-refractivity contribution in [2.45, 2.75) is 29.4 Å². The average Bonchev–Trinajstić information content (AvgIpc) is 3.51. The van der Waals surface area contributed by atoms with Gasteiger partial charge in [-0.3, -0.25) is 0 Å².